The maximum atomic E-state index is 9.05. The Kier molecular flexibility index (Phi) is 4.15. The van der Waals surface area contributed by atoms with Crippen LogP contribution >= 0.6 is 0 Å². The second-order valence-electron chi connectivity index (χ2n) is 4.96. The molecule has 0 radical (unpaired) electrons. The quantitative estimate of drug-likeness (QED) is 0.620. The number of rotatable bonds is 2. The van der Waals surface area contributed by atoms with Crippen LogP contribution in [0.25, 0.3) is 0 Å². The minimum Gasteiger partial charge on any atom is -0.198 e. The lowest BCUT2D eigenvalue weighted by Gasteiger charge is -2.28. The van der Waals surface area contributed by atoms with E-state index in [1.807, 2.05) is 0 Å². The van der Waals surface area contributed by atoms with Gasteiger partial charge in [0.25, 0.3) is 0 Å². The van der Waals surface area contributed by atoms with Crippen molar-refractivity contribution < 1.29 is 0 Å². The topological polar surface area (TPSA) is 23.8 Å². The van der Waals surface area contributed by atoms with E-state index in [9.17, 15) is 0 Å². The predicted molar refractivity (Wildman–Crippen MR) is 64.2 cm³/mol. The van der Waals surface area contributed by atoms with Crippen LogP contribution in [0.1, 0.15) is 40.5 Å². The lowest BCUT2D eigenvalue weighted by atomic mass is 9.75. The first-order chi connectivity index (χ1) is 7.04. The van der Waals surface area contributed by atoms with Crippen LogP contribution in [0.5, 0.6) is 0 Å². The van der Waals surface area contributed by atoms with Gasteiger partial charge in [-0.3, -0.25) is 0 Å². The highest BCUT2D eigenvalue weighted by atomic mass is 14.3. The smallest absolute Gasteiger partial charge is 0.0662 e. The summed E-state index contributed by atoms with van der Waals surface area (Å²) in [6.07, 6.45) is 6.69. The van der Waals surface area contributed by atoms with Gasteiger partial charge in [-0.1, -0.05) is 30.2 Å². The van der Waals surface area contributed by atoms with Crippen LogP contribution in [0.3, 0.4) is 0 Å². The van der Waals surface area contributed by atoms with Crippen molar-refractivity contribution in [3.63, 3.8) is 0 Å². The molecule has 0 aliphatic heterocycles. The van der Waals surface area contributed by atoms with Gasteiger partial charge >= 0.3 is 0 Å². The van der Waals surface area contributed by atoms with E-state index in [2.05, 4.69) is 45.9 Å². The van der Waals surface area contributed by atoms with E-state index in [-0.39, 0.29) is 5.92 Å². The van der Waals surface area contributed by atoms with Crippen molar-refractivity contribution in [2.75, 3.05) is 0 Å². The van der Waals surface area contributed by atoms with Crippen molar-refractivity contribution in [2.24, 2.45) is 17.8 Å². The molecule has 0 saturated carbocycles. The molecular formula is C14H21N. The van der Waals surface area contributed by atoms with Gasteiger partial charge in [-0.15, -0.1) is 0 Å². The molecule has 1 rings (SSSR count). The fraction of sp³-hybridized carbons (Fsp3) is 0.643. The molecule has 1 aliphatic carbocycles. The van der Waals surface area contributed by atoms with E-state index in [1.165, 1.54) is 11.1 Å². The van der Waals surface area contributed by atoms with E-state index in [1.54, 1.807) is 0 Å². The lowest BCUT2D eigenvalue weighted by Crippen LogP contribution is -2.20. The number of nitrogens with zero attached hydrogens (tertiary/aromatic N) is 1. The molecule has 0 bridgehead atoms. The van der Waals surface area contributed by atoms with Crippen LogP contribution in [-0.2, 0) is 0 Å². The molecule has 82 valence electrons. The number of hydrogen-bond acceptors (Lipinski definition) is 1. The van der Waals surface area contributed by atoms with Crippen LogP contribution in [-0.4, -0.2) is 0 Å². The zero-order chi connectivity index (χ0) is 11.4. The molecule has 1 aliphatic rings. The Morgan fingerprint density at radius 1 is 1.60 bits per heavy atom. The van der Waals surface area contributed by atoms with E-state index in [0.29, 0.717) is 11.8 Å². The van der Waals surface area contributed by atoms with Crippen LogP contribution < -0.4 is 0 Å². The molecule has 1 nitrogen and oxygen atoms in total. The first-order valence-corrected chi connectivity index (χ1v) is 5.76. The highest BCUT2D eigenvalue weighted by Gasteiger charge is 2.25. The van der Waals surface area contributed by atoms with Crippen molar-refractivity contribution in [1.82, 2.24) is 0 Å². The maximum Gasteiger partial charge on any atom is 0.0662 e. The average molecular weight is 203 g/mol. The summed E-state index contributed by atoms with van der Waals surface area (Å²) in [6.45, 7) is 8.61. The molecule has 0 aromatic carbocycles. The molecule has 3 atom stereocenters. The molecule has 0 aromatic heterocycles. The summed E-state index contributed by atoms with van der Waals surface area (Å²) in [4.78, 5) is 0. The minimum absolute atomic E-state index is 0.212. The van der Waals surface area contributed by atoms with Crippen LogP contribution in [0.15, 0.2) is 23.3 Å². The summed E-state index contributed by atoms with van der Waals surface area (Å²) < 4.78 is 0. The Hall–Kier alpha value is -1.03. The van der Waals surface area contributed by atoms with Crippen molar-refractivity contribution in [2.45, 2.75) is 40.5 Å². The Morgan fingerprint density at radius 3 is 2.80 bits per heavy atom. The normalized spacial score (nSPS) is 30.3. The lowest BCUT2D eigenvalue weighted by molar-refractivity contribution is 0.379. The standard InChI is InChI=1S/C14H21N/c1-10(2)5-6-13-8-14(9-15)12(4)7-11(13)3/h5,7,12-14H,6,8H2,1-4H3/t12-,13-,14-/m0/s1. The van der Waals surface area contributed by atoms with Gasteiger partial charge in [0.05, 0.1) is 12.0 Å². The van der Waals surface area contributed by atoms with E-state index < -0.39 is 0 Å². The van der Waals surface area contributed by atoms with Gasteiger partial charge in [0.1, 0.15) is 0 Å². The van der Waals surface area contributed by atoms with Gasteiger partial charge in [0, 0.05) is 0 Å². The van der Waals surface area contributed by atoms with E-state index in [4.69, 9.17) is 5.26 Å². The molecule has 1 heteroatoms. The maximum absolute atomic E-state index is 9.05. The monoisotopic (exact) mass is 203 g/mol. The third kappa shape index (κ3) is 3.23. The van der Waals surface area contributed by atoms with Crippen molar-refractivity contribution >= 4 is 0 Å². The van der Waals surface area contributed by atoms with Crippen molar-refractivity contribution in [3.05, 3.63) is 23.3 Å². The summed E-state index contributed by atoms with van der Waals surface area (Å²) in [6, 6.07) is 2.43. The predicted octanol–water partition coefficient (Wildman–Crippen LogP) is 4.08. The second-order valence-corrected chi connectivity index (χ2v) is 4.96. The largest absolute Gasteiger partial charge is 0.198 e. The van der Waals surface area contributed by atoms with Crippen molar-refractivity contribution in [3.8, 4) is 6.07 Å². The zero-order valence-electron chi connectivity index (χ0n) is 10.2. The Balaban J connectivity index is 2.71. The molecule has 0 fully saturated rings. The molecule has 0 N–H and O–H groups in total. The second kappa shape index (κ2) is 5.16. The van der Waals surface area contributed by atoms with Gasteiger partial charge < -0.3 is 0 Å². The van der Waals surface area contributed by atoms with Gasteiger partial charge in [0.2, 0.25) is 0 Å². The highest BCUT2D eigenvalue weighted by Crippen LogP contribution is 2.34. The van der Waals surface area contributed by atoms with E-state index >= 15 is 0 Å². The molecule has 0 saturated heterocycles. The SMILES string of the molecule is CC(C)=CC[C@H]1C[C@@H](C#N)[C@@H](C)C=C1C. The van der Waals surface area contributed by atoms with Gasteiger partial charge in [-0.25, -0.2) is 0 Å². The number of hydrogen-bond donors (Lipinski definition) is 0. The minimum atomic E-state index is 0.212. The van der Waals surface area contributed by atoms with E-state index in [0.717, 1.165) is 12.8 Å². The molecular weight excluding hydrogens is 182 g/mol. The highest BCUT2D eigenvalue weighted by molar-refractivity contribution is 5.15. The molecule has 0 aromatic rings. The molecule has 0 spiro atoms. The third-order valence-corrected chi connectivity index (χ3v) is 3.32. The van der Waals surface area contributed by atoms with Crippen LogP contribution in [0.2, 0.25) is 0 Å². The molecule has 0 unspecified atom stereocenters. The van der Waals surface area contributed by atoms with Crippen LogP contribution in [0, 0.1) is 29.1 Å². The summed E-state index contributed by atoms with van der Waals surface area (Å²) in [7, 11) is 0. The fourth-order valence-corrected chi connectivity index (χ4v) is 2.20. The molecule has 0 amide bonds. The third-order valence-electron chi connectivity index (χ3n) is 3.32. The zero-order valence-corrected chi connectivity index (χ0v) is 10.2. The van der Waals surface area contributed by atoms with Crippen molar-refractivity contribution in [1.29, 1.82) is 5.26 Å². The van der Waals surface area contributed by atoms with Gasteiger partial charge in [-0.05, 0) is 45.4 Å². The Bertz CT molecular complexity index is 313. The first kappa shape index (κ1) is 12.0. The van der Waals surface area contributed by atoms with Crippen LogP contribution in [0.4, 0.5) is 0 Å². The molecule has 0 heterocycles. The summed E-state index contributed by atoms with van der Waals surface area (Å²) in [5, 5.41) is 9.05. The van der Waals surface area contributed by atoms with Gasteiger partial charge in [0.15, 0.2) is 0 Å². The number of nitriles is 1. The average Bonchev–Trinajstić information content (AvgIpc) is 2.16. The summed E-state index contributed by atoms with van der Waals surface area (Å²) in [5.41, 5.74) is 2.83. The van der Waals surface area contributed by atoms with Gasteiger partial charge in [-0.2, -0.15) is 5.26 Å². The molecule has 15 heavy (non-hydrogen) atoms. The fourth-order valence-electron chi connectivity index (χ4n) is 2.20. The first-order valence-electron chi connectivity index (χ1n) is 5.76. The Morgan fingerprint density at radius 2 is 2.27 bits per heavy atom. The summed E-state index contributed by atoms with van der Waals surface area (Å²) >= 11 is 0. The number of allylic oxidation sites excluding steroid dienone is 4. The summed E-state index contributed by atoms with van der Waals surface area (Å²) in [5.74, 6) is 1.22. The Labute approximate surface area is 93.5 Å².